The van der Waals surface area contributed by atoms with Crippen molar-refractivity contribution in [2.24, 2.45) is 0 Å². The van der Waals surface area contributed by atoms with Crippen molar-refractivity contribution in [2.75, 3.05) is 32.3 Å². The van der Waals surface area contributed by atoms with E-state index < -0.39 is 11.6 Å². The smallest absolute Gasteiger partial charge is 0.337 e. The van der Waals surface area contributed by atoms with Crippen LogP contribution < -0.4 is 4.90 Å². The lowest BCUT2D eigenvalue weighted by molar-refractivity contribution is -0.170. The van der Waals surface area contributed by atoms with Gasteiger partial charge in [0.05, 0.1) is 19.8 Å². The average Bonchev–Trinajstić information content (AvgIpc) is 3.38. The molecule has 0 radical (unpaired) electrons. The van der Waals surface area contributed by atoms with Gasteiger partial charge in [0.15, 0.2) is 11.4 Å². The highest BCUT2D eigenvalue weighted by molar-refractivity contribution is 5.78. The molecular weight excluding hydrogens is 403 g/mol. The van der Waals surface area contributed by atoms with Crippen molar-refractivity contribution in [2.45, 2.75) is 58.4 Å². The van der Waals surface area contributed by atoms with E-state index in [0.29, 0.717) is 35.9 Å². The maximum absolute atomic E-state index is 14.4. The SMILES string of the molecule is CCc1ccc(-c2nc(N3CCC[C@H]3COC)n(COC(C)(C)C(=O)OC)n2)cc1F. The standard InChI is InChI=1S/C22H31FN4O4/c1-6-15-9-10-16(12-18(15)23)19-24-21(26-11-7-8-17(26)13-29-4)27(25-19)14-31-22(2,3)20(28)30-5/h9-10,12,17H,6-8,11,13-14H2,1-5H3/t17-/m0/s1. The van der Waals surface area contributed by atoms with Gasteiger partial charge in [0.25, 0.3) is 0 Å². The first-order chi connectivity index (χ1) is 14.8. The van der Waals surface area contributed by atoms with Crippen LogP contribution in [0.2, 0.25) is 0 Å². The lowest BCUT2D eigenvalue weighted by Crippen LogP contribution is -2.38. The van der Waals surface area contributed by atoms with Gasteiger partial charge in [-0.25, -0.2) is 13.9 Å². The number of hydrogen-bond acceptors (Lipinski definition) is 7. The number of anilines is 1. The monoisotopic (exact) mass is 434 g/mol. The fraction of sp³-hybridized carbons (Fsp3) is 0.591. The number of nitrogens with zero attached hydrogens (tertiary/aromatic N) is 4. The van der Waals surface area contributed by atoms with Crippen LogP contribution in [0, 0.1) is 5.82 Å². The molecule has 9 heteroatoms. The second kappa shape index (κ2) is 9.74. The molecule has 0 N–H and O–H groups in total. The zero-order valence-electron chi connectivity index (χ0n) is 18.9. The van der Waals surface area contributed by atoms with Gasteiger partial charge in [-0.05, 0) is 44.7 Å². The minimum Gasteiger partial charge on any atom is -0.467 e. The van der Waals surface area contributed by atoms with Crippen LogP contribution in [0.25, 0.3) is 11.4 Å². The zero-order chi connectivity index (χ0) is 22.6. The third-order valence-corrected chi connectivity index (χ3v) is 5.56. The van der Waals surface area contributed by atoms with Crippen LogP contribution in [0.3, 0.4) is 0 Å². The molecule has 0 unspecified atom stereocenters. The highest BCUT2D eigenvalue weighted by Gasteiger charge is 2.33. The number of benzene rings is 1. The molecule has 0 spiro atoms. The first kappa shape index (κ1) is 23.1. The molecule has 1 saturated heterocycles. The minimum absolute atomic E-state index is 0.00381. The Labute approximate surface area is 182 Å². The fourth-order valence-corrected chi connectivity index (χ4v) is 3.72. The summed E-state index contributed by atoms with van der Waals surface area (Å²) in [7, 11) is 2.99. The van der Waals surface area contributed by atoms with Crippen LogP contribution in [-0.4, -0.2) is 59.7 Å². The molecule has 0 aliphatic carbocycles. The van der Waals surface area contributed by atoms with Crippen molar-refractivity contribution in [3.63, 3.8) is 0 Å². The van der Waals surface area contributed by atoms with Crippen molar-refractivity contribution in [1.29, 1.82) is 0 Å². The number of methoxy groups -OCH3 is 2. The second-order valence-corrected chi connectivity index (χ2v) is 8.11. The molecule has 170 valence electrons. The van der Waals surface area contributed by atoms with Crippen molar-refractivity contribution >= 4 is 11.9 Å². The quantitative estimate of drug-likeness (QED) is 0.561. The first-order valence-electron chi connectivity index (χ1n) is 10.5. The van der Waals surface area contributed by atoms with Gasteiger partial charge in [-0.3, -0.25) is 0 Å². The molecule has 1 aliphatic heterocycles. The van der Waals surface area contributed by atoms with Gasteiger partial charge in [0.2, 0.25) is 5.95 Å². The van der Waals surface area contributed by atoms with Gasteiger partial charge >= 0.3 is 5.97 Å². The molecule has 2 aromatic rings. The van der Waals surface area contributed by atoms with Crippen molar-refractivity contribution in [3.05, 3.63) is 29.6 Å². The molecular formula is C22H31FN4O4. The molecule has 1 fully saturated rings. The molecule has 3 rings (SSSR count). The second-order valence-electron chi connectivity index (χ2n) is 8.11. The zero-order valence-corrected chi connectivity index (χ0v) is 18.9. The van der Waals surface area contributed by atoms with Crippen LogP contribution in [0.5, 0.6) is 0 Å². The summed E-state index contributed by atoms with van der Waals surface area (Å²) in [4.78, 5) is 18.8. The van der Waals surface area contributed by atoms with Crippen LogP contribution in [0.1, 0.15) is 39.2 Å². The van der Waals surface area contributed by atoms with Gasteiger partial charge in [0, 0.05) is 19.2 Å². The lowest BCUT2D eigenvalue weighted by atomic mass is 10.1. The van der Waals surface area contributed by atoms with E-state index in [4.69, 9.17) is 19.2 Å². The maximum Gasteiger partial charge on any atom is 0.337 e. The Morgan fingerprint density at radius 2 is 2.10 bits per heavy atom. The van der Waals surface area contributed by atoms with Gasteiger partial charge in [0.1, 0.15) is 12.5 Å². The van der Waals surface area contributed by atoms with Crippen molar-refractivity contribution in [3.8, 4) is 11.4 Å². The Kier molecular flexibility index (Phi) is 7.27. The molecule has 0 saturated carbocycles. The minimum atomic E-state index is -1.15. The predicted octanol–water partition coefficient (Wildman–Crippen LogP) is 3.19. The summed E-state index contributed by atoms with van der Waals surface area (Å²) in [6.45, 7) is 6.55. The van der Waals surface area contributed by atoms with Crippen LogP contribution >= 0.6 is 0 Å². The number of carbonyl (C=O) groups excluding carboxylic acids is 1. The normalized spacial score (nSPS) is 16.7. The number of aromatic nitrogens is 3. The summed E-state index contributed by atoms with van der Waals surface area (Å²) in [6, 6.07) is 5.19. The first-order valence-corrected chi connectivity index (χ1v) is 10.5. The molecule has 0 amide bonds. The number of esters is 1. The van der Waals surface area contributed by atoms with Crippen LogP contribution in [0.4, 0.5) is 10.3 Å². The summed E-state index contributed by atoms with van der Waals surface area (Å²) in [5.74, 6) is 0.249. The molecule has 1 aromatic heterocycles. The van der Waals surface area contributed by atoms with E-state index in [-0.39, 0.29) is 18.6 Å². The predicted molar refractivity (Wildman–Crippen MR) is 114 cm³/mol. The number of halogens is 1. The number of hydrogen-bond donors (Lipinski definition) is 0. The highest BCUT2D eigenvalue weighted by Crippen LogP contribution is 2.28. The van der Waals surface area contributed by atoms with Gasteiger partial charge in [-0.1, -0.05) is 19.1 Å². The average molecular weight is 435 g/mol. The van der Waals surface area contributed by atoms with Gasteiger partial charge in [-0.2, -0.15) is 4.98 Å². The van der Waals surface area contributed by atoms with Crippen molar-refractivity contribution < 1.29 is 23.4 Å². The number of ether oxygens (including phenoxy) is 3. The van der Waals surface area contributed by atoms with E-state index >= 15 is 0 Å². The van der Waals surface area contributed by atoms with E-state index in [9.17, 15) is 9.18 Å². The third kappa shape index (κ3) is 5.04. The van der Waals surface area contributed by atoms with E-state index in [1.807, 2.05) is 13.0 Å². The van der Waals surface area contributed by atoms with E-state index in [1.54, 1.807) is 31.7 Å². The third-order valence-electron chi connectivity index (χ3n) is 5.56. The van der Waals surface area contributed by atoms with E-state index in [2.05, 4.69) is 10.00 Å². The number of rotatable bonds is 9. The molecule has 1 aliphatic rings. The Morgan fingerprint density at radius 1 is 1.32 bits per heavy atom. The molecule has 1 atom stereocenters. The Balaban J connectivity index is 1.95. The summed E-state index contributed by atoms with van der Waals surface area (Å²) in [5.41, 5.74) is 0.0833. The van der Waals surface area contributed by atoms with Crippen LogP contribution in [-0.2, 0) is 32.2 Å². The summed E-state index contributed by atoms with van der Waals surface area (Å²) < 4.78 is 32.0. The molecule has 31 heavy (non-hydrogen) atoms. The highest BCUT2D eigenvalue weighted by atomic mass is 19.1. The van der Waals surface area contributed by atoms with E-state index in [0.717, 1.165) is 19.4 Å². The van der Waals surface area contributed by atoms with Crippen LogP contribution in [0.15, 0.2) is 18.2 Å². The van der Waals surface area contributed by atoms with E-state index in [1.165, 1.54) is 13.2 Å². The number of aryl methyl sites for hydroxylation is 1. The topological polar surface area (TPSA) is 78.7 Å². The fourth-order valence-electron chi connectivity index (χ4n) is 3.72. The van der Waals surface area contributed by atoms with Gasteiger partial charge in [-0.15, -0.1) is 5.10 Å². The largest absolute Gasteiger partial charge is 0.467 e. The summed E-state index contributed by atoms with van der Waals surface area (Å²) in [6.07, 6.45) is 2.59. The van der Waals surface area contributed by atoms with Gasteiger partial charge < -0.3 is 19.1 Å². The lowest BCUT2D eigenvalue weighted by Gasteiger charge is -2.26. The molecule has 0 bridgehead atoms. The Bertz CT molecular complexity index is 915. The molecule has 1 aromatic carbocycles. The van der Waals surface area contributed by atoms with Crippen molar-refractivity contribution in [1.82, 2.24) is 14.8 Å². The summed E-state index contributed by atoms with van der Waals surface area (Å²) >= 11 is 0. The Hall–Kier alpha value is -2.52. The maximum atomic E-state index is 14.4. The number of carbonyl (C=O) groups is 1. The Morgan fingerprint density at radius 3 is 2.74 bits per heavy atom. The molecule has 8 nitrogen and oxygen atoms in total. The summed E-state index contributed by atoms with van der Waals surface area (Å²) in [5, 5.41) is 4.58. The molecule has 2 heterocycles.